The number of nitrogens with zero attached hydrogens (tertiary/aromatic N) is 5. The molecule has 1 aromatic carbocycles. The van der Waals surface area contributed by atoms with Crippen molar-refractivity contribution < 1.29 is 4.79 Å². The smallest absolute Gasteiger partial charge is 0.227 e. The fraction of sp³-hybridized carbons (Fsp3) is 0.500. The van der Waals surface area contributed by atoms with Crippen LogP contribution in [-0.4, -0.2) is 59.2 Å². The van der Waals surface area contributed by atoms with Crippen LogP contribution in [0.2, 0.25) is 5.02 Å². The van der Waals surface area contributed by atoms with Crippen LogP contribution < -0.4 is 0 Å². The van der Waals surface area contributed by atoms with E-state index in [9.17, 15) is 4.79 Å². The molecule has 2 aromatic rings. The number of amides is 1. The number of rotatable bonds is 9. The number of nitriles is 1. The van der Waals surface area contributed by atoms with Gasteiger partial charge in [-0.05, 0) is 65.5 Å². The van der Waals surface area contributed by atoms with Crippen molar-refractivity contribution in [3.8, 4) is 11.8 Å². The number of hydrogen-bond donors (Lipinski definition) is 0. The molecule has 0 saturated heterocycles. The zero-order chi connectivity index (χ0) is 21.6. The topological polar surface area (TPSA) is 65.2 Å². The minimum atomic E-state index is 0.0340. The molecule has 0 aliphatic rings. The van der Waals surface area contributed by atoms with Gasteiger partial charge >= 0.3 is 0 Å². The van der Waals surface area contributed by atoms with E-state index in [0.29, 0.717) is 24.5 Å². The molecular weight excluding hydrogens is 386 g/mol. The lowest BCUT2D eigenvalue weighted by molar-refractivity contribution is -0.130. The monoisotopic (exact) mass is 415 g/mol. The van der Waals surface area contributed by atoms with E-state index in [1.54, 1.807) is 4.90 Å². The molecule has 0 aliphatic carbocycles. The Bertz CT molecular complexity index is 897. The van der Waals surface area contributed by atoms with Gasteiger partial charge in [0.05, 0.1) is 30.3 Å². The molecule has 0 aliphatic heterocycles. The fourth-order valence-electron chi connectivity index (χ4n) is 3.28. The molecular formula is C22H30ClN5O. The lowest BCUT2D eigenvalue weighted by atomic mass is 10.1. The highest BCUT2D eigenvalue weighted by molar-refractivity contribution is 6.31. The molecule has 0 saturated carbocycles. The zero-order valence-corrected chi connectivity index (χ0v) is 18.8. The summed E-state index contributed by atoms with van der Waals surface area (Å²) >= 11 is 6.28. The van der Waals surface area contributed by atoms with Crippen LogP contribution in [0, 0.1) is 32.1 Å². The second kappa shape index (κ2) is 10.4. The van der Waals surface area contributed by atoms with Gasteiger partial charge in [-0.3, -0.25) is 4.79 Å². The molecule has 1 aromatic heterocycles. The van der Waals surface area contributed by atoms with Gasteiger partial charge < -0.3 is 9.80 Å². The average Bonchev–Trinajstić information content (AvgIpc) is 2.94. The molecule has 6 nitrogen and oxygen atoms in total. The maximum absolute atomic E-state index is 13.0. The van der Waals surface area contributed by atoms with Gasteiger partial charge in [0.1, 0.15) is 0 Å². The summed E-state index contributed by atoms with van der Waals surface area (Å²) in [5, 5.41) is 14.3. The summed E-state index contributed by atoms with van der Waals surface area (Å²) in [7, 11) is 4.03. The van der Waals surface area contributed by atoms with Gasteiger partial charge in [0, 0.05) is 29.4 Å². The number of carbonyl (C=O) groups excluding carboxylic acids is 1. The summed E-state index contributed by atoms with van der Waals surface area (Å²) in [5.74, 6) is 0.0340. The third-order valence-electron chi connectivity index (χ3n) is 5.05. The number of halogens is 1. The maximum atomic E-state index is 13.0. The van der Waals surface area contributed by atoms with E-state index < -0.39 is 0 Å². The summed E-state index contributed by atoms with van der Waals surface area (Å²) in [6.45, 7) is 7.88. The SMILES string of the molecule is Cc1ccc(-n2nc(C)c(CC(=O)N(CCC#N)CCCN(C)C)c2C)cc1Cl. The summed E-state index contributed by atoms with van der Waals surface area (Å²) in [6.07, 6.45) is 1.50. The van der Waals surface area contributed by atoms with Gasteiger partial charge in [0.15, 0.2) is 0 Å². The van der Waals surface area contributed by atoms with Crippen molar-refractivity contribution in [1.29, 1.82) is 5.26 Å². The minimum Gasteiger partial charge on any atom is -0.341 e. The highest BCUT2D eigenvalue weighted by atomic mass is 35.5. The van der Waals surface area contributed by atoms with E-state index in [2.05, 4.69) is 16.1 Å². The summed E-state index contributed by atoms with van der Waals surface area (Å²) in [6, 6.07) is 7.98. The van der Waals surface area contributed by atoms with Crippen molar-refractivity contribution in [2.24, 2.45) is 0 Å². The van der Waals surface area contributed by atoms with Crippen LogP contribution in [0.3, 0.4) is 0 Å². The Labute approximate surface area is 178 Å². The maximum Gasteiger partial charge on any atom is 0.227 e. The first-order valence-corrected chi connectivity index (χ1v) is 10.2. The summed E-state index contributed by atoms with van der Waals surface area (Å²) in [5.41, 5.74) is 4.59. The molecule has 0 atom stereocenters. The molecule has 0 N–H and O–H groups in total. The van der Waals surface area contributed by atoms with Crippen LogP contribution >= 0.6 is 11.6 Å². The van der Waals surface area contributed by atoms with Crippen molar-refractivity contribution >= 4 is 17.5 Å². The molecule has 0 unspecified atom stereocenters. The van der Waals surface area contributed by atoms with Crippen molar-refractivity contribution in [3.05, 3.63) is 45.7 Å². The second-order valence-electron chi connectivity index (χ2n) is 7.62. The molecule has 0 spiro atoms. The Kier molecular flexibility index (Phi) is 8.24. The summed E-state index contributed by atoms with van der Waals surface area (Å²) in [4.78, 5) is 16.9. The third kappa shape index (κ3) is 6.06. The van der Waals surface area contributed by atoms with E-state index in [1.165, 1.54) is 0 Å². The molecule has 2 rings (SSSR count). The normalized spacial score (nSPS) is 11.0. The standard InChI is InChI=1S/C22H30ClN5O/c1-16-8-9-19(14-21(16)23)28-18(3)20(17(2)25-28)15-22(29)27(12-6-10-24)13-7-11-26(4)5/h8-9,14H,6-7,11-13,15H2,1-5H3. The Morgan fingerprint density at radius 3 is 2.55 bits per heavy atom. The van der Waals surface area contributed by atoms with Crippen molar-refractivity contribution in [2.75, 3.05) is 33.7 Å². The number of benzene rings is 1. The summed E-state index contributed by atoms with van der Waals surface area (Å²) < 4.78 is 1.84. The van der Waals surface area contributed by atoms with E-state index in [-0.39, 0.29) is 12.3 Å². The highest BCUT2D eigenvalue weighted by Gasteiger charge is 2.20. The van der Waals surface area contributed by atoms with Crippen LogP contribution in [-0.2, 0) is 11.2 Å². The van der Waals surface area contributed by atoms with Crippen LogP contribution in [0.15, 0.2) is 18.2 Å². The lowest BCUT2D eigenvalue weighted by Gasteiger charge is -2.22. The minimum absolute atomic E-state index is 0.0340. The Hall–Kier alpha value is -2.36. The molecule has 0 bridgehead atoms. The largest absolute Gasteiger partial charge is 0.341 e. The molecule has 29 heavy (non-hydrogen) atoms. The predicted molar refractivity (Wildman–Crippen MR) is 116 cm³/mol. The average molecular weight is 416 g/mol. The van der Waals surface area contributed by atoms with Gasteiger partial charge in [-0.2, -0.15) is 10.4 Å². The Morgan fingerprint density at radius 1 is 1.21 bits per heavy atom. The fourth-order valence-corrected chi connectivity index (χ4v) is 3.46. The number of carbonyl (C=O) groups is 1. The highest BCUT2D eigenvalue weighted by Crippen LogP contribution is 2.23. The zero-order valence-electron chi connectivity index (χ0n) is 18.0. The molecule has 1 amide bonds. The first kappa shape index (κ1) is 22.9. The lowest BCUT2D eigenvalue weighted by Crippen LogP contribution is -2.35. The van der Waals surface area contributed by atoms with Gasteiger partial charge in [-0.1, -0.05) is 17.7 Å². The predicted octanol–water partition coefficient (Wildman–Crippen LogP) is 3.69. The number of aryl methyl sites for hydroxylation is 2. The molecule has 156 valence electrons. The van der Waals surface area contributed by atoms with Crippen molar-refractivity contribution in [2.45, 2.75) is 40.0 Å². The van der Waals surface area contributed by atoms with E-state index in [4.69, 9.17) is 16.9 Å². The van der Waals surface area contributed by atoms with Gasteiger partial charge in [-0.15, -0.1) is 0 Å². The second-order valence-corrected chi connectivity index (χ2v) is 8.02. The van der Waals surface area contributed by atoms with E-state index in [0.717, 1.165) is 41.2 Å². The Morgan fingerprint density at radius 2 is 1.93 bits per heavy atom. The third-order valence-corrected chi connectivity index (χ3v) is 5.46. The van der Waals surface area contributed by atoms with Gasteiger partial charge in [-0.25, -0.2) is 4.68 Å². The van der Waals surface area contributed by atoms with Crippen molar-refractivity contribution in [1.82, 2.24) is 19.6 Å². The first-order chi connectivity index (χ1) is 13.7. The van der Waals surface area contributed by atoms with E-state index in [1.807, 2.05) is 57.7 Å². The molecule has 0 radical (unpaired) electrons. The van der Waals surface area contributed by atoms with Crippen LogP contribution in [0.4, 0.5) is 0 Å². The molecule has 7 heteroatoms. The van der Waals surface area contributed by atoms with Crippen LogP contribution in [0.25, 0.3) is 5.69 Å². The first-order valence-electron chi connectivity index (χ1n) is 9.85. The van der Waals surface area contributed by atoms with Crippen LogP contribution in [0.1, 0.15) is 35.4 Å². The Balaban J connectivity index is 2.20. The van der Waals surface area contributed by atoms with Gasteiger partial charge in [0.2, 0.25) is 5.91 Å². The van der Waals surface area contributed by atoms with E-state index >= 15 is 0 Å². The molecule has 0 fully saturated rings. The molecule has 1 heterocycles. The number of hydrogen-bond acceptors (Lipinski definition) is 4. The number of aromatic nitrogens is 2. The quantitative estimate of drug-likeness (QED) is 0.626. The van der Waals surface area contributed by atoms with Gasteiger partial charge in [0.25, 0.3) is 0 Å². The van der Waals surface area contributed by atoms with Crippen molar-refractivity contribution in [3.63, 3.8) is 0 Å². The van der Waals surface area contributed by atoms with Crippen LogP contribution in [0.5, 0.6) is 0 Å².